The molecule has 1 aromatic heterocycles. The maximum atomic E-state index is 11.5. The molecule has 0 radical (unpaired) electrons. The average Bonchev–Trinajstić information content (AvgIpc) is 2.47. The summed E-state index contributed by atoms with van der Waals surface area (Å²) in [6, 6.07) is 12.7. The maximum Gasteiger partial charge on any atom is 0.250 e. The molecule has 0 spiro atoms. The second-order valence-electron chi connectivity index (χ2n) is 4.70. The zero-order chi connectivity index (χ0) is 14.8. The van der Waals surface area contributed by atoms with Gasteiger partial charge in [0.15, 0.2) is 0 Å². The van der Waals surface area contributed by atoms with Crippen molar-refractivity contribution in [3.05, 3.63) is 60.4 Å². The Morgan fingerprint density at radius 3 is 2.76 bits per heavy atom. The normalized spacial score (nSPS) is 10.5. The van der Waals surface area contributed by atoms with Crippen molar-refractivity contribution < 1.29 is 4.79 Å². The molecule has 5 heteroatoms. The Hall–Kier alpha value is -3.08. The first kappa shape index (κ1) is 12.9. The van der Waals surface area contributed by atoms with Gasteiger partial charge in [-0.25, -0.2) is 0 Å². The Kier molecular flexibility index (Phi) is 3.16. The van der Waals surface area contributed by atoms with Crippen LogP contribution in [0.3, 0.4) is 0 Å². The maximum absolute atomic E-state index is 11.5. The highest BCUT2D eigenvalue weighted by atomic mass is 16.1. The highest BCUT2D eigenvalue weighted by molar-refractivity contribution is 6.02. The van der Waals surface area contributed by atoms with Crippen LogP contribution in [-0.4, -0.2) is 10.9 Å². The third kappa shape index (κ3) is 2.49. The number of hydrogen-bond donors (Lipinski definition) is 3. The van der Waals surface area contributed by atoms with Gasteiger partial charge in [0.25, 0.3) is 5.91 Å². The van der Waals surface area contributed by atoms with E-state index in [9.17, 15) is 4.79 Å². The number of benzene rings is 2. The lowest BCUT2D eigenvalue weighted by Crippen LogP contribution is -2.13. The van der Waals surface area contributed by atoms with E-state index in [2.05, 4.69) is 10.3 Å². The first-order valence-electron chi connectivity index (χ1n) is 6.44. The number of nitrogens with zero attached hydrogens (tertiary/aromatic N) is 1. The molecule has 3 aromatic rings. The van der Waals surface area contributed by atoms with E-state index in [1.807, 2.05) is 24.3 Å². The number of anilines is 3. The molecule has 0 saturated heterocycles. The lowest BCUT2D eigenvalue weighted by atomic mass is 10.1. The van der Waals surface area contributed by atoms with Crippen molar-refractivity contribution in [2.45, 2.75) is 0 Å². The predicted octanol–water partition coefficient (Wildman–Crippen LogP) is 2.66. The highest BCUT2D eigenvalue weighted by Crippen LogP contribution is 2.28. The summed E-state index contributed by atoms with van der Waals surface area (Å²) in [6.07, 6.45) is 3.51. The van der Waals surface area contributed by atoms with Crippen LogP contribution in [0.25, 0.3) is 10.8 Å². The van der Waals surface area contributed by atoms with Gasteiger partial charge in [0, 0.05) is 29.2 Å². The van der Waals surface area contributed by atoms with Crippen LogP contribution in [0.1, 0.15) is 10.4 Å². The molecule has 0 bridgehead atoms. The van der Waals surface area contributed by atoms with Crippen LogP contribution < -0.4 is 16.8 Å². The number of aromatic nitrogens is 1. The summed E-state index contributed by atoms with van der Waals surface area (Å²) in [5.74, 6) is -0.504. The standard InChI is InChI=1S/C16H14N4O/c17-11-4-5-12(16(18)21)15(8-11)20-14-3-1-2-10-6-7-19-9-13(10)14/h1-9,20H,17H2,(H2,18,21). The minimum Gasteiger partial charge on any atom is -0.399 e. The number of pyridine rings is 1. The van der Waals surface area contributed by atoms with Crippen LogP contribution in [0.4, 0.5) is 17.1 Å². The molecule has 5 nitrogen and oxygen atoms in total. The number of carbonyl (C=O) groups is 1. The minimum atomic E-state index is -0.504. The van der Waals surface area contributed by atoms with Gasteiger partial charge in [0.1, 0.15) is 0 Å². The van der Waals surface area contributed by atoms with E-state index in [-0.39, 0.29) is 0 Å². The van der Waals surface area contributed by atoms with E-state index in [1.165, 1.54) is 0 Å². The number of hydrogen-bond acceptors (Lipinski definition) is 4. The van der Waals surface area contributed by atoms with Crippen molar-refractivity contribution >= 4 is 33.7 Å². The van der Waals surface area contributed by atoms with E-state index in [0.29, 0.717) is 16.9 Å². The molecule has 0 aliphatic heterocycles. The van der Waals surface area contributed by atoms with Crippen LogP contribution in [0.2, 0.25) is 0 Å². The Labute approximate surface area is 121 Å². The molecule has 0 unspecified atom stereocenters. The molecule has 0 atom stereocenters. The molecule has 1 amide bonds. The molecule has 21 heavy (non-hydrogen) atoms. The van der Waals surface area contributed by atoms with Gasteiger partial charge < -0.3 is 16.8 Å². The quantitative estimate of drug-likeness (QED) is 0.642. The van der Waals surface area contributed by atoms with Gasteiger partial charge >= 0.3 is 0 Å². The molecule has 3 rings (SSSR count). The molecule has 0 aliphatic carbocycles. The lowest BCUT2D eigenvalue weighted by molar-refractivity contribution is 0.100. The Bertz CT molecular complexity index is 824. The van der Waals surface area contributed by atoms with E-state index >= 15 is 0 Å². The summed E-state index contributed by atoms with van der Waals surface area (Å²) < 4.78 is 0. The molecule has 0 aliphatic rings. The molecule has 2 aromatic carbocycles. The number of amides is 1. The molecule has 0 fully saturated rings. The van der Waals surface area contributed by atoms with E-state index in [1.54, 1.807) is 30.6 Å². The molecule has 0 saturated carbocycles. The van der Waals surface area contributed by atoms with Crippen molar-refractivity contribution in [2.24, 2.45) is 5.73 Å². The van der Waals surface area contributed by atoms with Crippen LogP contribution in [0.5, 0.6) is 0 Å². The number of carbonyl (C=O) groups excluding carboxylic acids is 1. The smallest absolute Gasteiger partial charge is 0.250 e. The van der Waals surface area contributed by atoms with Gasteiger partial charge in [0.2, 0.25) is 0 Å². The molecular formula is C16H14N4O. The largest absolute Gasteiger partial charge is 0.399 e. The summed E-state index contributed by atoms with van der Waals surface area (Å²) in [5.41, 5.74) is 13.6. The summed E-state index contributed by atoms with van der Waals surface area (Å²) in [6.45, 7) is 0. The number of rotatable bonds is 3. The van der Waals surface area contributed by atoms with Crippen molar-refractivity contribution in [1.82, 2.24) is 4.98 Å². The topological polar surface area (TPSA) is 94.0 Å². The first-order chi connectivity index (χ1) is 10.1. The fourth-order valence-corrected chi connectivity index (χ4v) is 2.25. The lowest BCUT2D eigenvalue weighted by Gasteiger charge is -2.13. The zero-order valence-corrected chi connectivity index (χ0v) is 11.2. The van der Waals surface area contributed by atoms with Crippen LogP contribution in [-0.2, 0) is 0 Å². The van der Waals surface area contributed by atoms with Gasteiger partial charge in [-0.05, 0) is 35.7 Å². The van der Waals surface area contributed by atoms with Crippen LogP contribution in [0.15, 0.2) is 54.9 Å². The Balaban J connectivity index is 2.11. The Morgan fingerprint density at radius 1 is 1.10 bits per heavy atom. The van der Waals surface area contributed by atoms with E-state index in [4.69, 9.17) is 11.5 Å². The van der Waals surface area contributed by atoms with E-state index < -0.39 is 5.91 Å². The fraction of sp³-hybridized carbons (Fsp3) is 0. The van der Waals surface area contributed by atoms with Crippen molar-refractivity contribution in [1.29, 1.82) is 0 Å². The van der Waals surface area contributed by atoms with Crippen LogP contribution in [0, 0.1) is 0 Å². The minimum absolute atomic E-state index is 0.394. The predicted molar refractivity (Wildman–Crippen MR) is 84.4 cm³/mol. The van der Waals surface area contributed by atoms with Crippen molar-refractivity contribution in [2.75, 3.05) is 11.1 Å². The molecule has 104 valence electrons. The summed E-state index contributed by atoms with van der Waals surface area (Å²) in [4.78, 5) is 15.6. The van der Waals surface area contributed by atoms with Gasteiger partial charge in [-0.15, -0.1) is 0 Å². The molecule has 1 heterocycles. The average molecular weight is 278 g/mol. The van der Waals surface area contributed by atoms with Gasteiger partial charge in [-0.1, -0.05) is 12.1 Å². The van der Waals surface area contributed by atoms with Gasteiger partial charge in [-0.3, -0.25) is 9.78 Å². The third-order valence-corrected chi connectivity index (χ3v) is 3.26. The summed E-state index contributed by atoms with van der Waals surface area (Å²) >= 11 is 0. The monoisotopic (exact) mass is 278 g/mol. The number of nitrogens with one attached hydrogen (secondary N) is 1. The van der Waals surface area contributed by atoms with Crippen molar-refractivity contribution in [3.63, 3.8) is 0 Å². The zero-order valence-electron chi connectivity index (χ0n) is 11.2. The second kappa shape index (κ2) is 5.13. The van der Waals surface area contributed by atoms with Gasteiger partial charge in [-0.2, -0.15) is 0 Å². The molecule has 5 N–H and O–H groups in total. The van der Waals surface area contributed by atoms with Crippen molar-refractivity contribution in [3.8, 4) is 0 Å². The van der Waals surface area contributed by atoms with Gasteiger partial charge in [0.05, 0.1) is 11.3 Å². The molecular weight excluding hydrogens is 264 g/mol. The fourth-order valence-electron chi connectivity index (χ4n) is 2.25. The first-order valence-corrected chi connectivity index (χ1v) is 6.44. The third-order valence-electron chi connectivity index (χ3n) is 3.26. The number of nitrogen functional groups attached to an aromatic ring is 1. The highest BCUT2D eigenvalue weighted by Gasteiger charge is 2.10. The number of nitrogens with two attached hydrogens (primary N) is 2. The van der Waals surface area contributed by atoms with E-state index in [0.717, 1.165) is 16.5 Å². The SMILES string of the molecule is NC(=O)c1ccc(N)cc1Nc1cccc2ccncc12. The number of primary amides is 1. The second-order valence-corrected chi connectivity index (χ2v) is 4.70. The Morgan fingerprint density at radius 2 is 1.95 bits per heavy atom. The number of fused-ring (bicyclic) bond motifs is 1. The summed E-state index contributed by atoms with van der Waals surface area (Å²) in [7, 11) is 0. The summed E-state index contributed by atoms with van der Waals surface area (Å²) in [5, 5.41) is 5.23. The van der Waals surface area contributed by atoms with Crippen LogP contribution >= 0.6 is 0 Å².